The summed E-state index contributed by atoms with van der Waals surface area (Å²) in [7, 11) is 0. The molecule has 1 N–H and O–H groups in total. The van der Waals surface area contributed by atoms with Crippen molar-refractivity contribution in [2.24, 2.45) is 0 Å². The van der Waals surface area contributed by atoms with Crippen LogP contribution in [0.15, 0.2) is 41.3 Å². The van der Waals surface area contributed by atoms with E-state index < -0.39 is 0 Å². The van der Waals surface area contributed by atoms with Crippen LogP contribution in [-0.2, 0) is 24.2 Å². The minimum Gasteiger partial charge on any atom is -0.336 e. The number of carbonyl (C=O) groups excluding carboxylic acids is 1. The molecule has 6 heteroatoms. The number of aryl methyl sites for hydroxylation is 1. The topological polar surface area (TPSA) is 70.5 Å². The molecule has 1 amide bonds. The van der Waals surface area contributed by atoms with E-state index in [9.17, 15) is 9.59 Å². The van der Waals surface area contributed by atoms with Crippen LogP contribution in [0.4, 0.5) is 0 Å². The molecule has 3 aromatic rings. The van der Waals surface area contributed by atoms with Crippen LogP contribution in [0.3, 0.4) is 0 Å². The van der Waals surface area contributed by atoms with E-state index in [2.05, 4.69) is 10.1 Å². The first-order valence-electron chi connectivity index (χ1n) is 8.03. The summed E-state index contributed by atoms with van der Waals surface area (Å²) in [5.41, 5.74) is 4.10. The standard InChI is InChI=1S/C18H18N4O2/c1-12-3-2-4-13(9-12)10-17(23)21-8-6-14-15(11-21)20-16-5-7-19-22(16)18(14)24/h2-5,7,9,19H,6,8,10-11H2,1H3. The molecule has 1 aromatic carbocycles. The number of aromatic amines is 1. The van der Waals surface area contributed by atoms with Gasteiger partial charge >= 0.3 is 0 Å². The second-order valence-electron chi connectivity index (χ2n) is 6.23. The molecule has 1 aliphatic rings. The maximum absolute atomic E-state index is 12.6. The van der Waals surface area contributed by atoms with Crippen LogP contribution >= 0.6 is 0 Å². The van der Waals surface area contributed by atoms with E-state index in [1.54, 1.807) is 17.2 Å². The molecule has 0 saturated heterocycles. The van der Waals surface area contributed by atoms with Crippen LogP contribution in [0, 0.1) is 6.92 Å². The number of rotatable bonds is 2. The lowest BCUT2D eigenvalue weighted by Gasteiger charge is -2.27. The van der Waals surface area contributed by atoms with Gasteiger partial charge in [0.05, 0.1) is 18.7 Å². The van der Waals surface area contributed by atoms with E-state index in [0.717, 1.165) is 11.1 Å². The Labute approximate surface area is 138 Å². The molecule has 2 aromatic heterocycles. The minimum absolute atomic E-state index is 0.0641. The van der Waals surface area contributed by atoms with Crippen molar-refractivity contribution in [3.8, 4) is 0 Å². The average molecular weight is 322 g/mol. The van der Waals surface area contributed by atoms with Gasteiger partial charge in [0.15, 0.2) is 5.65 Å². The van der Waals surface area contributed by atoms with Crippen LogP contribution in [0.2, 0.25) is 0 Å². The van der Waals surface area contributed by atoms with Gasteiger partial charge in [-0.05, 0) is 18.9 Å². The van der Waals surface area contributed by atoms with Crippen molar-refractivity contribution in [1.29, 1.82) is 0 Å². The smallest absolute Gasteiger partial charge is 0.276 e. The monoisotopic (exact) mass is 322 g/mol. The zero-order valence-corrected chi connectivity index (χ0v) is 13.5. The number of aromatic nitrogens is 3. The van der Waals surface area contributed by atoms with E-state index in [1.807, 2.05) is 31.2 Å². The fourth-order valence-electron chi connectivity index (χ4n) is 3.25. The zero-order chi connectivity index (χ0) is 16.7. The Hall–Kier alpha value is -2.89. The second-order valence-corrected chi connectivity index (χ2v) is 6.23. The Bertz CT molecular complexity index is 986. The molecule has 122 valence electrons. The SMILES string of the molecule is Cc1cccc(CC(=O)N2CCc3c(nc4cc[nH]n4c3=O)C2)c1. The van der Waals surface area contributed by atoms with Crippen molar-refractivity contribution < 1.29 is 4.79 Å². The Balaban J connectivity index is 1.58. The normalized spacial score (nSPS) is 14.0. The Morgan fingerprint density at radius 3 is 3.04 bits per heavy atom. The van der Waals surface area contributed by atoms with Crippen molar-refractivity contribution in [3.63, 3.8) is 0 Å². The van der Waals surface area contributed by atoms with Crippen LogP contribution in [-0.4, -0.2) is 31.9 Å². The third-order valence-electron chi connectivity index (χ3n) is 4.49. The van der Waals surface area contributed by atoms with Gasteiger partial charge in [0.1, 0.15) is 0 Å². The Kier molecular flexibility index (Phi) is 3.45. The summed E-state index contributed by atoms with van der Waals surface area (Å²) < 4.78 is 1.45. The number of nitrogens with zero attached hydrogens (tertiary/aromatic N) is 3. The third-order valence-corrected chi connectivity index (χ3v) is 4.49. The molecule has 0 bridgehead atoms. The molecule has 1 aliphatic heterocycles. The van der Waals surface area contributed by atoms with Gasteiger partial charge in [-0.25, -0.2) is 9.50 Å². The highest BCUT2D eigenvalue weighted by Crippen LogP contribution is 2.16. The highest BCUT2D eigenvalue weighted by atomic mass is 16.2. The van der Waals surface area contributed by atoms with Crippen LogP contribution in [0.25, 0.3) is 5.65 Å². The molecule has 3 heterocycles. The van der Waals surface area contributed by atoms with E-state index in [1.165, 1.54) is 4.52 Å². The van der Waals surface area contributed by atoms with Crippen molar-refractivity contribution in [1.82, 2.24) is 19.5 Å². The summed E-state index contributed by atoms with van der Waals surface area (Å²) in [5, 5.41) is 2.87. The van der Waals surface area contributed by atoms with Gasteiger partial charge in [0.2, 0.25) is 5.91 Å². The van der Waals surface area contributed by atoms with Gasteiger partial charge in [0.25, 0.3) is 5.56 Å². The van der Waals surface area contributed by atoms with Gasteiger partial charge < -0.3 is 4.90 Å². The molecule has 0 radical (unpaired) electrons. The summed E-state index contributed by atoms with van der Waals surface area (Å²) in [6.45, 7) is 2.98. The lowest BCUT2D eigenvalue weighted by atomic mass is 10.0. The molecule has 0 atom stereocenters. The molecule has 0 unspecified atom stereocenters. The van der Waals surface area contributed by atoms with Gasteiger partial charge in [-0.2, -0.15) is 0 Å². The summed E-state index contributed by atoms with van der Waals surface area (Å²) >= 11 is 0. The summed E-state index contributed by atoms with van der Waals surface area (Å²) in [5.74, 6) is 0.0716. The summed E-state index contributed by atoms with van der Waals surface area (Å²) in [4.78, 5) is 31.3. The summed E-state index contributed by atoms with van der Waals surface area (Å²) in [6.07, 6.45) is 2.61. The number of carbonyl (C=O) groups is 1. The maximum Gasteiger partial charge on any atom is 0.276 e. The molecule has 0 fully saturated rings. The highest BCUT2D eigenvalue weighted by molar-refractivity contribution is 5.79. The number of fused-ring (bicyclic) bond motifs is 2. The molecular formula is C18H18N4O2. The average Bonchev–Trinajstić information content (AvgIpc) is 3.03. The number of amides is 1. The first kappa shape index (κ1) is 14.7. The lowest BCUT2D eigenvalue weighted by Crippen LogP contribution is -2.40. The molecule has 24 heavy (non-hydrogen) atoms. The number of nitrogens with one attached hydrogen (secondary N) is 1. The predicted molar refractivity (Wildman–Crippen MR) is 89.8 cm³/mol. The fourth-order valence-corrected chi connectivity index (χ4v) is 3.25. The lowest BCUT2D eigenvalue weighted by molar-refractivity contribution is -0.131. The van der Waals surface area contributed by atoms with Gasteiger partial charge in [-0.15, -0.1) is 0 Å². The molecule has 0 spiro atoms. The van der Waals surface area contributed by atoms with Crippen LogP contribution in [0.5, 0.6) is 0 Å². The highest BCUT2D eigenvalue weighted by Gasteiger charge is 2.25. The summed E-state index contributed by atoms with van der Waals surface area (Å²) in [6, 6.07) is 9.74. The minimum atomic E-state index is -0.0641. The Morgan fingerprint density at radius 1 is 1.33 bits per heavy atom. The van der Waals surface area contributed by atoms with E-state index in [4.69, 9.17) is 0 Å². The third kappa shape index (κ3) is 2.50. The van der Waals surface area contributed by atoms with Gasteiger partial charge in [-0.1, -0.05) is 29.8 Å². The quantitative estimate of drug-likeness (QED) is 0.776. The molecular weight excluding hydrogens is 304 g/mol. The van der Waals surface area contributed by atoms with Gasteiger partial charge in [0, 0.05) is 24.4 Å². The zero-order valence-electron chi connectivity index (χ0n) is 13.5. The fraction of sp³-hybridized carbons (Fsp3) is 0.278. The molecule has 0 aliphatic carbocycles. The van der Waals surface area contributed by atoms with Gasteiger partial charge in [-0.3, -0.25) is 14.7 Å². The van der Waals surface area contributed by atoms with E-state index in [0.29, 0.717) is 42.8 Å². The predicted octanol–water partition coefficient (Wildman–Crippen LogP) is 1.46. The van der Waals surface area contributed by atoms with Crippen molar-refractivity contribution in [2.75, 3.05) is 6.54 Å². The number of hydrogen-bond donors (Lipinski definition) is 1. The van der Waals surface area contributed by atoms with E-state index in [-0.39, 0.29) is 11.5 Å². The largest absolute Gasteiger partial charge is 0.336 e. The van der Waals surface area contributed by atoms with Crippen LogP contribution in [0.1, 0.15) is 22.4 Å². The van der Waals surface area contributed by atoms with E-state index >= 15 is 0 Å². The molecule has 6 nitrogen and oxygen atoms in total. The number of benzene rings is 1. The van der Waals surface area contributed by atoms with Crippen molar-refractivity contribution >= 4 is 11.6 Å². The first-order valence-corrected chi connectivity index (χ1v) is 8.03. The molecule has 4 rings (SSSR count). The Morgan fingerprint density at radius 2 is 2.21 bits per heavy atom. The van der Waals surface area contributed by atoms with Crippen molar-refractivity contribution in [3.05, 3.63) is 69.3 Å². The second kappa shape index (κ2) is 5.63. The van der Waals surface area contributed by atoms with Crippen molar-refractivity contribution in [2.45, 2.75) is 26.3 Å². The number of hydrogen-bond acceptors (Lipinski definition) is 3. The molecule has 0 saturated carbocycles. The number of H-pyrrole nitrogens is 1. The first-order chi connectivity index (χ1) is 11.6. The van der Waals surface area contributed by atoms with Crippen LogP contribution < -0.4 is 5.56 Å². The maximum atomic E-state index is 12.6.